The number of amides is 2. The van der Waals surface area contributed by atoms with Crippen LogP contribution in [0.4, 0.5) is 14.9 Å². The van der Waals surface area contributed by atoms with Crippen LogP contribution >= 0.6 is 23.5 Å². The molecule has 1 aromatic carbocycles. The number of halogens is 1. The van der Waals surface area contributed by atoms with E-state index in [4.69, 9.17) is 4.74 Å². The number of hydrogen-bond acceptors (Lipinski definition) is 11. The topological polar surface area (TPSA) is 166 Å². The molecule has 2 aromatic heterocycles. The van der Waals surface area contributed by atoms with E-state index in [9.17, 15) is 24.3 Å². The Morgan fingerprint density at radius 2 is 2.00 bits per heavy atom. The monoisotopic (exact) mass is 670 g/mol. The summed E-state index contributed by atoms with van der Waals surface area (Å²) in [5, 5.41) is 22.3. The number of carbonyl (C=O) groups excluding carboxylic acids is 2. The largest absolute Gasteiger partial charge is 0.512 e. The van der Waals surface area contributed by atoms with Gasteiger partial charge >= 0.3 is 6.16 Å². The zero-order valence-corrected chi connectivity index (χ0v) is 26.4. The third-order valence-electron chi connectivity index (χ3n) is 8.70. The van der Waals surface area contributed by atoms with Gasteiger partial charge in [0.1, 0.15) is 27.8 Å². The highest BCUT2D eigenvalue weighted by Gasteiger charge is 2.54. The second kappa shape index (κ2) is 12.3. The van der Waals surface area contributed by atoms with Crippen molar-refractivity contribution in [2.45, 2.75) is 42.2 Å². The molecule has 1 aliphatic carbocycles. The number of hydrogen-bond donors (Lipinski definition) is 3. The number of rotatable bonds is 9. The van der Waals surface area contributed by atoms with Crippen molar-refractivity contribution in [3.05, 3.63) is 57.6 Å². The Morgan fingerprint density at radius 1 is 1.22 bits per heavy atom. The van der Waals surface area contributed by atoms with Gasteiger partial charge < -0.3 is 29.5 Å². The van der Waals surface area contributed by atoms with Crippen molar-refractivity contribution in [1.82, 2.24) is 35.1 Å². The molecule has 46 heavy (non-hydrogen) atoms. The molecular weight excluding hydrogens is 640 g/mol. The second-order valence-corrected chi connectivity index (χ2v) is 13.6. The van der Waals surface area contributed by atoms with E-state index in [0.29, 0.717) is 46.4 Å². The molecule has 3 aliphatic heterocycles. The molecule has 7 rings (SSSR count). The summed E-state index contributed by atoms with van der Waals surface area (Å²) >= 11 is 2.64. The van der Waals surface area contributed by atoms with Crippen LogP contribution in [-0.4, -0.2) is 108 Å². The minimum absolute atomic E-state index is 0.0778. The van der Waals surface area contributed by atoms with E-state index >= 15 is 4.39 Å². The second-order valence-electron chi connectivity index (χ2n) is 11.5. The Balaban J connectivity index is 1.13. The van der Waals surface area contributed by atoms with E-state index in [1.807, 2.05) is 9.47 Å². The van der Waals surface area contributed by atoms with Gasteiger partial charge in [0.2, 0.25) is 11.3 Å². The summed E-state index contributed by atoms with van der Waals surface area (Å²) in [5.74, 6) is -1.28. The van der Waals surface area contributed by atoms with Crippen molar-refractivity contribution in [3.63, 3.8) is 0 Å². The van der Waals surface area contributed by atoms with Crippen molar-refractivity contribution in [2.24, 2.45) is 0 Å². The normalized spacial score (nSPS) is 21.7. The molecule has 2 amide bonds. The smallest absolute Gasteiger partial charge is 0.449 e. The molecule has 242 valence electrons. The van der Waals surface area contributed by atoms with E-state index in [-0.39, 0.29) is 22.9 Å². The zero-order chi connectivity index (χ0) is 32.1. The first-order valence-electron chi connectivity index (χ1n) is 15.0. The summed E-state index contributed by atoms with van der Waals surface area (Å²) < 4.78 is 22.4. The summed E-state index contributed by atoms with van der Waals surface area (Å²) in [5.41, 5.74) is 0.786. The fraction of sp³-hybridized carbons (Fsp3) is 0.448. The molecule has 4 aliphatic rings. The van der Waals surface area contributed by atoms with Crippen molar-refractivity contribution < 1.29 is 28.6 Å². The van der Waals surface area contributed by atoms with Crippen molar-refractivity contribution in [1.29, 1.82) is 0 Å². The number of carbonyl (C=O) groups is 3. The number of β-lactam (4-membered cyclic amide) rings is 1. The number of thioether (sulfide) groups is 2. The first kappa shape index (κ1) is 30.6. The molecule has 1 saturated carbocycles. The van der Waals surface area contributed by atoms with Gasteiger partial charge in [-0.1, -0.05) is 18.7 Å². The predicted molar refractivity (Wildman–Crippen MR) is 168 cm³/mol. The van der Waals surface area contributed by atoms with Crippen LogP contribution in [0.5, 0.6) is 0 Å². The van der Waals surface area contributed by atoms with Crippen LogP contribution in [0, 0.1) is 5.82 Å². The third-order valence-corrected chi connectivity index (χ3v) is 11.0. The third kappa shape index (κ3) is 5.60. The van der Waals surface area contributed by atoms with E-state index in [1.54, 1.807) is 6.07 Å². The fourth-order valence-electron chi connectivity index (χ4n) is 6.07. The molecule has 17 heteroatoms. The molecule has 3 fully saturated rings. The predicted octanol–water partition coefficient (Wildman–Crippen LogP) is 2.45. The summed E-state index contributed by atoms with van der Waals surface area (Å²) in [7, 11) is 0. The van der Waals surface area contributed by atoms with E-state index in [1.165, 1.54) is 46.9 Å². The number of likely N-dealkylation sites (N-methyl/N-ethyl adjacent to an activating group) is 1. The molecule has 2 atom stereocenters. The fourth-order valence-corrected chi connectivity index (χ4v) is 8.30. The molecule has 14 nitrogen and oxygen atoms in total. The standard InChI is InChI=1S/C29H31FN8O6S2/c1-2-35-5-7-36(8-6-35)21-10-20-17(9-19(21)30)24(39)18(12-37(20)16-3-4-16)25(40)32-23-26(41)38-27(44-29(42)43)15(14-46-28(23)38)13-45-22-11-31-34-33-22/h9-12,16,23,28H,2-8,13-14H2,1H3,(H,32,40)(H,42,43)(H,31,33,34)/t23?,28-/m0/s1. The van der Waals surface area contributed by atoms with Gasteiger partial charge in [0, 0.05) is 60.9 Å². The first-order valence-corrected chi connectivity index (χ1v) is 17.0. The van der Waals surface area contributed by atoms with Crippen molar-refractivity contribution in [2.75, 3.05) is 49.1 Å². The Morgan fingerprint density at radius 3 is 2.67 bits per heavy atom. The molecule has 1 unspecified atom stereocenters. The number of fused-ring (bicyclic) bond motifs is 2. The molecule has 3 aromatic rings. The van der Waals surface area contributed by atoms with Gasteiger partial charge in [0.25, 0.3) is 11.8 Å². The molecule has 5 heterocycles. The van der Waals surface area contributed by atoms with Gasteiger partial charge in [0.15, 0.2) is 0 Å². The van der Waals surface area contributed by atoms with E-state index in [2.05, 4.69) is 32.6 Å². The number of aromatic amines is 1. The quantitative estimate of drug-likeness (QED) is 0.173. The Labute approximate surface area is 270 Å². The number of nitrogens with zero attached hydrogens (tertiary/aromatic N) is 6. The summed E-state index contributed by atoms with van der Waals surface area (Å²) in [6.07, 6.45) is 3.20. The lowest BCUT2D eigenvalue weighted by molar-refractivity contribution is -0.145. The van der Waals surface area contributed by atoms with Crippen LogP contribution in [-0.2, 0) is 9.53 Å². The van der Waals surface area contributed by atoms with E-state index in [0.717, 1.165) is 32.5 Å². The van der Waals surface area contributed by atoms with Gasteiger partial charge in [-0.3, -0.25) is 19.3 Å². The highest BCUT2D eigenvalue weighted by atomic mass is 32.2. The molecular formula is C29H31FN8O6S2. The molecule has 0 radical (unpaired) electrons. The lowest BCUT2D eigenvalue weighted by Gasteiger charge is -2.49. The zero-order valence-electron chi connectivity index (χ0n) is 24.8. The van der Waals surface area contributed by atoms with Crippen LogP contribution in [0.3, 0.4) is 0 Å². The maximum atomic E-state index is 15.5. The highest BCUT2D eigenvalue weighted by Crippen LogP contribution is 2.42. The van der Waals surface area contributed by atoms with Gasteiger partial charge in [-0.15, -0.1) is 16.9 Å². The van der Waals surface area contributed by atoms with Crippen molar-refractivity contribution in [3.8, 4) is 0 Å². The molecule has 2 saturated heterocycles. The Bertz CT molecular complexity index is 1800. The number of aromatic nitrogens is 4. The van der Waals surface area contributed by atoms with Crippen LogP contribution in [0.15, 0.2) is 45.8 Å². The maximum absolute atomic E-state index is 15.5. The van der Waals surface area contributed by atoms with Gasteiger partial charge in [-0.05, 0) is 31.5 Å². The van der Waals surface area contributed by atoms with Crippen LogP contribution < -0.4 is 15.6 Å². The lowest BCUT2D eigenvalue weighted by atomic mass is 10.0. The minimum Gasteiger partial charge on any atom is -0.449 e. The average Bonchev–Trinajstić information content (AvgIpc) is 3.76. The first-order chi connectivity index (χ1) is 22.2. The SMILES string of the molecule is CCN1CCN(c2cc3c(cc2F)c(=O)c(C(=O)NC2C(=O)N4C(OC(=O)O)=C(CSc5cn[nH]n5)CS[C@@H]24)cn3C2CC2)CC1. The Hall–Kier alpha value is -4.09. The molecule has 3 N–H and O–H groups in total. The molecule has 0 spiro atoms. The number of nitrogens with one attached hydrogen (secondary N) is 2. The number of piperazine rings is 1. The van der Waals surface area contributed by atoms with Crippen LogP contribution in [0.25, 0.3) is 10.9 Å². The van der Waals surface area contributed by atoms with Gasteiger partial charge in [0.05, 0.1) is 17.4 Å². The van der Waals surface area contributed by atoms with Crippen molar-refractivity contribution >= 4 is 58.1 Å². The van der Waals surface area contributed by atoms with Gasteiger partial charge in [-0.25, -0.2) is 9.18 Å². The van der Waals surface area contributed by atoms with Crippen LogP contribution in [0.1, 0.15) is 36.2 Å². The number of anilines is 1. The summed E-state index contributed by atoms with van der Waals surface area (Å²) in [4.78, 5) is 57.5. The number of H-pyrrole nitrogens is 1. The number of pyridine rings is 1. The van der Waals surface area contributed by atoms with Gasteiger partial charge in [-0.2, -0.15) is 10.3 Å². The van der Waals surface area contributed by atoms with Crippen LogP contribution in [0.2, 0.25) is 0 Å². The Kier molecular flexibility index (Phi) is 8.14. The average molecular weight is 671 g/mol. The summed E-state index contributed by atoms with van der Waals surface area (Å²) in [6, 6.07) is 2.00. The number of benzene rings is 1. The summed E-state index contributed by atoms with van der Waals surface area (Å²) in [6.45, 7) is 6.02. The number of carboxylic acid groups (broad SMARTS) is 1. The number of ether oxygens (including phenoxy) is 1. The lowest BCUT2D eigenvalue weighted by Crippen LogP contribution is -2.70. The minimum atomic E-state index is -1.57. The molecule has 0 bridgehead atoms. The van der Waals surface area contributed by atoms with E-state index < -0.39 is 40.6 Å². The maximum Gasteiger partial charge on any atom is 0.512 e. The highest BCUT2D eigenvalue weighted by molar-refractivity contribution is 8.01.